The predicted octanol–water partition coefficient (Wildman–Crippen LogP) is 4.42. The molecule has 0 bridgehead atoms. The summed E-state index contributed by atoms with van der Waals surface area (Å²) < 4.78 is 2.37. The van der Waals surface area contributed by atoms with Gasteiger partial charge in [-0.15, -0.1) is 11.6 Å². The highest BCUT2D eigenvalue weighted by Gasteiger charge is 2.21. The number of hydrogen-bond donors (Lipinski definition) is 0. The smallest absolute Gasteiger partial charge is 0.179 e. The van der Waals surface area contributed by atoms with Crippen molar-refractivity contribution >= 4 is 17.4 Å². The third-order valence-corrected chi connectivity index (χ3v) is 4.34. The molecule has 0 aromatic carbocycles. The number of alkyl halides is 1. The van der Waals surface area contributed by atoms with Crippen LogP contribution < -0.4 is 0 Å². The quantitative estimate of drug-likeness (QED) is 0.451. The van der Waals surface area contributed by atoms with E-state index in [1.807, 2.05) is 6.07 Å². The number of aromatic nitrogens is 1. The number of Topliss-reactive ketones (excluding diaryl/α,β-unsaturated/α-hetero) is 1. The highest BCUT2D eigenvalue weighted by Crippen LogP contribution is 2.31. The lowest BCUT2D eigenvalue weighted by Crippen LogP contribution is -2.12. The molecule has 3 heteroatoms. The zero-order valence-electron chi connectivity index (χ0n) is 11.3. The van der Waals surface area contributed by atoms with E-state index in [1.54, 1.807) is 0 Å². The van der Waals surface area contributed by atoms with E-state index in [0.29, 0.717) is 6.04 Å². The Morgan fingerprint density at radius 1 is 1.28 bits per heavy atom. The number of aryl methyl sites for hydroxylation is 1. The molecule has 0 radical (unpaired) electrons. The predicted molar refractivity (Wildman–Crippen MR) is 75.7 cm³/mol. The average molecular weight is 268 g/mol. The topological polar surface area (TPSA) is 22.0 Å². The molecule has 0 saturated heterocycles. The van der Waals surface area contributed by atoms with Crippen LogP contribution in [-0.4, -0.2) is 16.2 Å². The standard InChI is InChI=1S/C15H22ClNO/c1-11-9-14(15(18)10-16)12(2)17(11)13-7-5-3-4-6-8-13/h9,13H,3-8,10H2,1-2H3. The van der Waals surface area contributed by atoms with Gasteiger partial charge in [0.15, 0.2) is 5.78 Å². The molecule has 1 aromatic rings. The van der Waals surface area contributed by atoms with Crippen LogP contribution in [0.1, 0.15) is 66.3 Å². The summed E-state index contributed by atoms with van der Waals surface area (Å²) in [6.45, 7) is 4.15. The summed E-state index contributed by atoms with van der Waals surface area (Å²) in [5.41, 5.74) is 3.12. The zero-order chi connectivity index (χ0) is 13.1. The minimum Gasteiger partial charge on any atom is -0.345 e. The summed E-state index contributed by atoms with van der Waals surface area (Å²) in [6, 6.07) is 2.58. The minimum absolute atomic E-state index is 0.0460. The second kappa shape index (κ2) is 5.92. The minimum atomic E-state index is 0.0460. The molecular weight excluding hydrogens is 246 g/mol. The lowest BCUT2D eigenvalue weighted by molar-refractivity contribution is 0.102. The Bertz CT molecular complexity index is 428. The third kappa shape index (κ3) is 2.64. The van der Waals surface area contributed by atoms with Crippen molar-refractivity contribution < 1.29 is 4.79 Å². The van der Waals surface area contributed by atoms with Gasteiger partial charge in [0.1, 0.15) is 0 Å². The van der Waals surface area contributed by atoms with Gasteiger partial charge < -0.3 is 4.57 Å². The van der Waals surface area contributed by atoms with Gasteiger partial charge in [0, 0.05) is 23.0 Å². The first kappa shape index (κ1) is 13.7. The van der Waals surface area contributed by atoms with Crippen molar-refractivity contribution in [3.8, 4) is 0 Å². The molecular formula is C15H22ClNO. The number of hydrogen-bond acceptors (Lipinski definition) is 1. The molecule has 2 rings (SSSR count). The van der Waals surface area contributed by atoms with Crippen molar-refractivity contribution in [3.05, 3.63) is 23.0 Å². The summed E-state index contributed by atoms with van der Waals surface area (Å²) in [7, 11) is 0. The number of ketones is 1. The molecule has 0 unspecified atom stereocenters. The lowest BCUT2D eigenvalue weighted by Gasteiger charge is -2.21. The summed E-state index contributed by atoms with van der Waals surface area (Å²) >= 11 is 5.67. The Labute approximate surface area is 114 Å². The Hall–Kier alpha value is -0.760. The van der Waals surface area contributed by atoms with Gasteiger partial charge in [0.05, 0.1) is 5.88 Å². The molecule has 1 aliphatic rings. The van der Waals surface area contributed by atoms with E-state index in [0.717, 1.165) is 11.3 Å². The largest absolute Gasteiger partial charge is 0.345 e. The monoisotopic (exact) mass is 267 g/mol. The first-order valence-corrected chi connectivity index (χ1v) is 7.46. The lowest BCUT2D eigenvalue weighted by atomic mass is 10.1. The summed E-state index contributed by atoms with van der Waals surface area (Å²) in [5.74, 6) is 0.124. The maximum atomic E-state index is 11.8. The van der Waals surface area contributed by atoms with Gasteiger partial charge >= 0.3 is 0 Å². The van der Waals surface area contributed by atoms with Crippen LogP contribution in [0.4, 0.5) is 0 Å². The maximum absolute atomic E-state index is 11.8. The average Bonchev–Trinajstić information content (AvgIpc) is 2.59. The van der Waals surface area contributed by atoms with Gasteiger partial charge in [0.2, 0.25) is 0 Å². The second-order valence-corrected chi connectivity index (χ2v) is 5.62. The highest BCUT2D eigenvalue weighted by atomic mass is 35.5. The fraction of sp³-hybridized carbons (Fsp3) is 0.667. The zero-order valence-corrected chi connectivity index (χ0v) is 12.1. The summed E-state index contributed by atoms with van der Waals surface area (Å²) in [5, 5.41) is 0. The third-order valence-electron chi connectivity index (χ3n) is 4.10. The summed E-state index contributed by atoms with van der Waals surface area (Å²) in [6.07, 6.45) is 7.80. The van der Waals surface area contributed by atoms with Crippen LogP contribution in [0.25, 0.3) is 0 Å². The fourth-order valence-electron chi connectivity index (χ4n) is 3.21. The Kier molecular flexibility index (Phi) is 4.50. The van der Waals surface area contributed by atoms with Crippen molar-refractivity contribution in [3.63, 3.8) is 0 Å². The van der Waals surface area contributed by atoms with E-state index in [9.17, 15) is 4.79 Å². The number of rotatable bonds is 3. The Morgan fingerprint density at radius 3 is 2.44 bits per heavy atom. The molecule has 2 nitrogen and oxygen atoms in total. The van der Waals surface area contributed by atoms with Gasteiger partial charge in [-0.25, -0.2) is 0 Å². The van der Waals surface area contributed by atoms with E-state index in [-0.39, 0.29) is 11.7 Å². The molecule has 18 heavy (non-hydrogen) atoms. The first-order chi connectivity index (χ1) is 8.65. The molecule has 0 aliphatic heterocycles. The van der Waals surface area contributed by atoms with Crippen molar-refractivity contribution in [2.24, 2.45) is 0 Å². The van der Waals surface area contributed by atoms with Crippen LogP contribution in [-0.2, 0) is 0 Å². The molecule has 1 aliphatic carbocycles. The highest BCUT2D eigenvalue weighted by molar-refractivity contribution is 6.30. The Balaban J connectivity index is 2.32. The van der Waals surface area contributed by atoms with E-state index < -0.39 is 0 Å². The van der Waals surface area contributed by atoms with Gasteiger partial charge in [0.25, 0.3) is 0 Å². The SMILES string of the molecule is Cc1cc(C(=O)CCl)c(C)n1C1CCCCCC1. The van der Waals surface area contributed by atoms with E-state index in [4.69, 9.17) is 11.6 Å². The van der Waals surface area contributed by atoms with Crippen LogP contribution >= 0.6 is 11.6 Å². The molecule has 1 aromatic heterocycles. The van der Waals surface area contributed by atoms with Crippen LogP contribution in [0.3, 0.4) is 0 Å². The van der Waals surface area contributed by atoms with Gasteiger partial charge in [-0.2, -0.15) is 0 Å². The molecule has 0 amide bonds. The van der Waals surface area contributed by atoms with E-state index in [1.165, 1.54) is 44.2 Å². The molecule has 0 spiro atoms. The van der Waals surface area contributed by atoms with Crippen molar-refractivity contribution in [1.82, 2.24) is 4.57 Å². The summed E-state index contributed by atoms with van der Waals surface area (Å²) in [4.78, 5) is 11.8. The Morgan fingerprint density at radius 2 is 1.89 bits per heavy atom. The van der Waals surface area contributed by atoms with E-state index >= 15 is 0 Å². The van der Waals surface area contributed by atoms with Crippen LogP contribution in [0, 0.1) is 13.8 Å². The van der Waals surface area contributed by atoms with Crippen molar-refractivity contribution in [2.75, 3.05) is 5.88 Å². The fourth-order valence-corrected chi connectivity index (χ4v) is 3.35. The molecule has 0 N–H and O–H groups in total. The number of carbonyl (C=O) groups is 1. The molecule has 0 atom stereocenters. The number of halogens is 1. The normalized spacial score (nSPS) is 17.7. The molecule has 1 saturated carbocycles. The second-order valence-electron chi connectivity index (χ2n) is 5.36. The number of nitrogens with zero attached hydrogens (tertiary/aromatic N) is 1. The number of carbonyl (C=O) groups excluding carboxylic acids is 1. The van der Waals surface area contributed by atoms with Crippen LogP contribution in [0.2, 0.25) is 0 Å². The molecule has 1 heterocycles. The maximum Gasteiger partial charge on any atom is 0.179 e. The van der Waals surface area contributed by atoms with Gasteiger partial charge in [-0.05, 0) is 32.8 Å². The first-order valence-electron chi connectivity index (χ1n) is 6.92. The molecule has 1 fully saturated rings. The van der Waals surface area contributed by atoms with Crippen molar-refractivity contribution in [2.45, 2.75) is 58.4 Å². The molecule has 100 valence electrons. The van der Waals surface area contributed by atoms with E-state index in [2.05, 4.69) is 18.4 Å². The van der Waals surface area contributed by atoms with Crippen LogP contribution in [0.5, 0.6) is 0 Å². The van der Waals surface area contributed by atoms with Gasteiger partial charge in [-0.1, -0.05) is 25.7 Å². The van der Waals surface area contributed by atoms with Crippen LogP contribution in [0.15, 0.2) is 6.07 Å². The van der Waals surface area contributed by atoms with Gasteiger partial charge in [-0.3, -0.25) is 4.79 Å². The van der Waals surface area contributed by atoms with Crippen molar-refractivity contribution in [1.29, 1.82) is 0 Å².